The monoisotopic (exact) mass is 218 g/mol. The number of Topliss-reactive ketones (excluding diaryl/α,β-unsaturated/α-hetero) is 1. The van der Waals surface area contributed by atoms with E-state index >= 15 is 0 Å². The lowest BCUT2D eigenvalue weighted by Crippen LogP contribution is -2.12. The first kappa shape index (κ1) is 9.70. The molecule has 3 heteroatoms. The van der Waals surface area contributed by atoms with Gasteiger partial charge in [0.1, 0.15) is 5.78 Å². The third kappa shape index (κ3) is 1.66. The average molecular weight is 218 g/mol. The first-order chi connectivity index (χ1) is 7.83. The van der Waals surface area contributed by atoms with Crippen LogP contribution < -0.4 is 9.47 Å². The molecule has 2 aliphatic rings. The van der Waals surface area contributed by atoms with Gasteiger partial charge in [0.05, 0.1) is 0 Å². The molecule has 1 heterocycles. The first-order valence-electron chi connectivity index (χ1n) is 5.74. The Morgan fingerprint density at radius 2 is 1.81 bits per heavy atom. The van der Waals surface area contributed by atoms with Gasteiger partial charge in [-0.05, 0) is 36.5 Å². The van der Waals surface area contributed by atoms with E-state index in [1.807, 2.05) is 6.07 Å². The topological polar surface area (TPSA) is 35.5 Å². The molecule has 1 aromatic rings. The van der Waals surface area contributed by atoms with Crippen molar-refractivity contribution in [3.63, 3.8) is 0 Å². The number of hydrogen-bond donors (Lipinski definition) is 0. The first-order valence-corrected chi connectivity index (χ1v) is 5.74. The molecule has 16 heavy (non-hydrogen) atoms. The smallest absolute Gasteiger partial charge is 0.231 e. The van der Waals surface area contributed by atoms with Crippen LogP contribution in [0.3, 0.4) is 0 Å². The lowest BCUT2D eigenvalue weighted by atomic mass is 9.83. The Morgan fingerprint density at radius 3 is 2.62 bits per heavy atom. The molecule has 0 spiro atoms. The van der Waals surface area contributed by atoms with Crippen molar-refractivity contribution in [3.05, 3.63) is 23.8 Å². The number of rotatable bonds is 1. The van der Waals surface area contributed by atoms with Crippen LogP contribution in [0.15, 0.2) is 18.2 Å². The Kier molecular flexibility index (Phi) is 2.31. The van der Waals surface area contributed by atoms with Crippen molar-refractivity contribution in [3.8, 4) is 11.5 Å². The second-order valence-electron chi connectivity index (χ2n) is 4.43. The van der Waals surface area contributed by atoms with Gasteiger partial charge in [-0.3, -0.25) is 4.79 Å². The minimum absolute atomic E-state index is 0.321. The number of carbonyl (C=O) groups excluding carboxylic acids is 1. The SMILES string of the molecule is O=C1CCC(c2ccc3c(c2)OCO3)CC1. The van der Waals surface area contributed by atoms with Crippen LogP contribution in [-0.4, -0.2) is 12.6 Å². The third-order valence-electron chi connectivity index (χ3n) is 3.41. The zero-order valence-electron chi connectivity index (χ0n) is 9.07. The van der Waals surface area contributed by atoms with E-state index in [0.29, 0.717) is 18.5 Å². The van der Waals surface area contributed by atoms with Crippen LogP contribution in [0.1, 0.15) is 37.2 Å². The molecule has 0 bridgehead atoms. The highest BCUT2D eigenvalue weighted by Crippen LogP contribution is 2.38. The summed E-state index contributed by atoms with van der Waals surface area (Å²) in [6.45, 7) is 0.321. The Hall–Kier alpha value is -1.51. The van der Waals surface area contributed by atoms with Crippen LogP contribution in [0.4, 0.5) is 0 Å². The Morgan fingerprint density at radius 1 is 1.06 bits per heavy atom. The summed E-state index contributed by atoms with van der Waals surface area (Å²) in [6.07, 6.45) is 3.38. The van der Waals surface area contributed by atoms with Crippen LogP contribution in [0.2, 0.25) is 0 Å². The molecule has 1 saturated carbocycles. The molecule has 3 rings (SSSR count). The molecule has 0 N–H and O–H groups in total. The highest BCUT2D eigenvalue weighted by molar-refractivity contribution is 5.79. The summed E-state index contributed by atoms with van der Waals surface area (Å²) >= 11 is 0. The van der Waals surface area contributed by atoms with Gasteiger partial charge in [-0.25, -0.2) is 0 Å². The van der Waals surface area contributed by atoms with Crippen LogP contribution >= 0.6 is 0 Å². The van der Waals surface area contributed by atoms with Crippen LogP contribution in [0.5, 0.6) is 11.5 Å². The van der Waals surface area contributed by atoms with Gasteiger partial charge in [-0.1, -0.05) is 6.07 Å². The summed E-state index contributed by atoms with van der Waals surface area (Å²) in [7, 11) is 0. The van der Waals surface area contributed by atoms with Gasteiger partial charge in [0, 0.05) is 12.8 Å². The summed E-state index contributed by atoms with van der Waals surface area (Å²) in [5.74, 6) is 2.58. The normalized spacial score (nSPS) is 20.1. The fourth-order valence-electron chi connectivity index (χ4n) is 2.44. The van der Waals surface area contributed by atoms with Gasteiger partial charge in [-0.2, -0.15) is 0 Å². The molecular formula is C13H14O3. The second-order valence-corrected chi connectivity index (χ2v) is 4.43. The van der Waals surface area contributed by atoms with Crippen LogP contribution in [0, 0.1) is 0 Å². The maximum atomic E-state index is 11.2. The average Bonchev–Trinajstić information content (AvgIpc) is 2.77. The van der Waals surface area contributed by atoms with E-state index in [4.69, 9.17) is 9.47 Å². The van der Waals surface area contributed by atoms with Crippen molar-refractivity contribution < 1.29 is 14.3 Å². The minimum atomic E-state index is 0.321. The van der Waals surface area contributed by atoms with Crippen molar-refractivity contribution in [2.45, 2.75) is 31.6 Å². The predicted molar refractivity (Wildman–Crippen MR) is 58.8 cm³/mol. The van der Waals surface area contributed by atoms with E-state index in [1.165, 1.54) is 5.56 Å². The van der Waals surface area contributed by atoms with E-state index in [0.717, 1.165) is 37.2 Å². The fraction of sp³-hybridized carbons (Fsp3) is 0.462. The number of carbonyl (C=O) groups is 1. The lowest BCUT2D eigenvalue weighted by molar-refractivity contribution is -0.120. The number of hydrogen-bond acceptors (Lipinski definition) is 3. The number of benzene rings is 1. The van der Waals surface area contributed by atoms with Gasteiger partial charge in [0.2, 0.25) is 6.79 Å². The molecule has 1 aliphatic carbocycles. The Balaban J connectivity index is 1.82. The highest BCUT2D eigenvalue weighted by atomic mass is 16.7. The van der Waals surface area contributed by atoms with Crippen molar-refractivity contribution >= 4 is 5.78 Å². The number of fused-ring (bicyclic) bond motifs is 1. The largest absolute Gasteiger partial charge is 0.454 e. The van der Waals surface area contributed by atoms with E-state index in [9.17, 15) is 4.79 Å². The third-order valence-corrected chi connectivity index (χ3v) is 3.41. The summed E-state index contributed by atoms with van der Waals surface area (Å²) in [5, 5.41) is 0. The highest BCUT2D eigenvalue weighted by Gasteiger charge is 2.22. The van der Waals surface area contributed by atoms with Crippen molar-refractivity contribution in [2.75, 3.05) is 6.79 Å². The summed E-state index contributed by atoms with van der Waals surface area (Å²) in [5.41, 5.74) is 1.27. The van der Waals surface area contributed by atoms with Gasteiger partial charge >= 0.3 is 0 Å². The molecular weight excluding hydrogens is 204 g/mol. The Labute approximate surface area is 94.4 Å². The van der Waals surface area contributed by atoms with Gasteiger partial charge in [-0.15, -0.1) is 0 Å². The molecule has 1 aliphatic heterocycles. The van der Waals surface area contributed by atoms with E-state index in [2.05, 4.69) is 12.1 Å². The van der Waals surface area contributed by atoms with Crippen molar-refractivity contribution in [1.29, 1.82) is 0 Å². The molecule has 3 nitrogen and oxygen atoms in total. The predicted octanol–water partition coefficient (Wildman–Crippen LogP) is 2.64. The Bertz CT molecular complexity index is 415. The van der Waals surface area contributed by atoms with Crippen LogP contribution in [-0.2, 0) is 4.79 Å². The van der Waals surface area contributed by atoms with Crippen LogP contribution in [0.25, 0.3) is 0 Å². The molecule has 84 valence electrons. The van der Waals surface area contributed by atoms with Crippen molar-refractivity contribution in [2.24, 2.45) is 0 Å². The number of ether oxygens (including phenoxy) is 2. The molecule has 0 radical (unpaired) electrons. The molecule has 1 aromatic carbocycles. The summed E-state index contributed by atoms with van der Waals surface area (Å²) in [6, 6.07) is 6.12. The standard InChI is InChI=1S/C13H14O3/c14-11-4-1-9(2-5-11)10-3-6-12-13(7-10)16-8-15-12/h3,6-7,9H,1-2,4-5,8H2. The zero-order valence-corrected chi connectivity index (χ0v) is 9.07. The quantitative estimate of drug-likeness (QED) is 0.727. The van der Waals surface area contributed by atoms with E-state index < -0.39 is 0 Å². The maximum absolute atomic E-state index is 11.2. The minimum Gasteiger partial charge on any atom is -0.454 e. The second kappa shape index (κ2) is 3.81. The number of ketones is 1. The lowest BCUT2D eigenvalue weighted by Gasteiger charge is -2.21. The fourth-order valence-corrected chi connectivity index (χ4v) is 2.44. The van der Waals surface area contributed by atoms with Gasteiger partial charge < -0.3 is 9.47 Å². The molecule has 1 fully saturated rings. The summed E-state index contributed by atoms with van der Waals surface area (Å²) < 4.78 is 10.6. The van der Waals surface area contributed by atoms with Gasteiger partial charge in [0.15, 0.2) is 11.5 Å². The molecule has 0 amide bonds. The van der Waals surface area contributed by atoms with E-state index in [-0.39, 0.29) is 0 Å². The van der Waals surface area contributed by atoms with E-state index in [1.54, 1.807) is 0 Å². The van der Waals surface area contributed by atoms with Gasteiger partial charge in [0.25, 0.3) is 0 Å². The zero-order chi connectivity index (χ0) is 11.0. The maximum Gasteiger partial charge on any atom is 0.231 e. The molecule has 0 aromatic heterocycles. The molecule has 0 unspecified atom stereocenters. The van der Waals surface area contributed by atoms with Crippen molar-refractivity contribution in [1.82, 2.24) is 0 Å². The molecule has 0 saturated heterocycles. The summed E-state index contributed by atoms with van der Waals surface area (Å²) in [4.78, 5) is 11.2. The molecule has 0 atom stereocenters.